The molecule has 0 amide bonds. The number of aliphatic hydroxyl groups is 2. The van der Waals surface area contributed by atoms with Gasteiger partial charge in [-0.1, -0.05) is 0 Å². The molecule has 0 saturated carbocycles. The summed E-state index contributed by atoms with van der Waals surface area (Å²) in [4.78, 5) is 0. The smallest absolute Gasteiger partial charge is 0.177 e. The Bertz CT molecular complexity index is 68.1. The van der Waals surface area contributed by atoms with Gasteiger partial charge in [0.1, 0.15) is 0 Å². The fraction of sp³-hybridized carbons (Fsp3) is 0.667. The van der Waals surface area contributed by atoms with E-state index in [4.69, 9.17) is 15.9 Å². The number of thiocarbonyl (C=S) groups is 1. The molecular weight excluding hydrogens is 142 g/mol. The molecule has 0 aromatic carbocycles. The molecule has 0 fully saturated rings. The van der Waals surface area contributed by atoms with Gasteiger partial charge in [0.15, 0.2) is 5.11 Å². The van der Waals surface area contributed by atoms with E-state index in [-0.39, 0.29) is 18.3 Å². The van der Waals surface area contributed by atoms with Crippen LogP contribution in [0.25, 0.3) is 0 Å². The van der Waals surface area contributed by atoms with Crippen molar-refractivity contribution in [2.75, 3.05) is 13.2 Å². The molecule has 9 heavy (non-hydrogen) atoms. The summed E-state index contributed by atoms with van der Waals surface area (Å²) in [5.41, 5.74) is 6.82. The van der Waals surface area contributed by atoms with Crippen molar-refractivity contribution >= 4 is 17.3 Å². The predicted octanol–water partition coefficient (Wildman–Crippen LogP) is -2.34. The minimum Gasteiger partial charge on any atom is -0.394 e. The molecule has 0 heterocycles. The minimum atomic E-state index is -0.125. The molecule has 0 aliphatic rings. The van der Waals surface area contributed by atoms with Gasteiger partial charge in [0.2, 0.25) is 0 Å². The lowest BCUT2D eigenvalue weighted by Crippen LogP contribution is -2.34. The second-order valence-electron chi connectivity index (χ2n) is 0.956. The predicted molar refractivity (Wildman–Crippen MR) is 38.3 cm³/mol. The van der Waals surface area contributed by atoms with Crippen molar-refractivity contribution in [1.82, 2.24) is 5.43 Å². The zero-order valence-electron chi connectivity index (χ0n) is 4.87. The Balaban J connectivity index is 0. The van der Waals surface area contributed by atoms with E-state index < -0.39 is 0 Å². The standard InChI is InChI=1S/C2H6O2.CH5N3S/c3-1-2-4;2-1(5)4-3/h3-4H,1-2H2;3H2,(H3,2,4,5). The van der Waals surface area contributed by atoms with Crippen LogP contribution in [-0.2, 0) is 0 Å². The highest BCUT2D eigenvalue weighted by Gasteiger charge is 1.66. The number of hydrogen-bond acceptors (Lipinski definition) is 4. The second kappa shape index (κ2) is 10.5. The average Bonchev–Trinajstić information content (AvgIpc) is 1.89. The molecule has 0 aromatic heterocycles. The van der Waals surface area contributed by atoms with E-state index in [0.717, 1.165) is 0 Å². The molecule has 56 valence electrons. The van der Waals surface area contributed by atoms with Crippen LogP contribution in [0.5, 0.6) is 0 Å². The fourth-order valence-electron chi connectivity index (χ4n) is 0. The van der Waals surface area contributed by atoms with Gasteiger partial charge < -0.3 is 21.4 Å². The highest BCUT2D eigenvalue weighted by atomic mass is 32.1. The molecule has 5 nitrogen and oxygen atoms in total. The fourth-order valence-corrected chi connectivity index (χ4v) is 0. The number of rotatable bonds is 1. The molecule has 0 bridgehead atoms. The molecule has 0 spiro atoms. The number of hydrogen-bond donors (Lipinski definition) is 5. The maximum absolute atomic E-state index is 7.62. The summed E-state index contributed by atoms with van der Waals surface area (Å²) in [6, 6.07) is 0. The maximum atomic E-state index is 7.62. The number of hydrazine groups is 1. The Labute approximate surface area is 58.6 Å². The first-order chi connectivity index (χ1) is 4.18. The summed E-state index contributed by atoms with van der Waals surface area (Å²) in [5.74, 6) is 4.66. The van der Waals surface area contributed by atoms with Crippen molar-refractivity contribution in [3.05, 3.63) is 0 Å². The monoisotopic (exact) mass is 153 g/mol. The first-order valence-corrected chi connectivity index (χ1v) is 2.57. The van der Waals surface area contributed by atoms with Crippen molar-refractivity contribution in [2.24, 2.45) is 11.6 Å². The number of nitrogens with one attached hydrogen (secondary N) is 1. The van der Waals surface area contributed by atoms with E-state index in [1.165, 1.54) is 0 Å². The summed E-state index contributed by atoms with van der Waals surface area (Å²) in [6.07, 6.45) is 0. The largest absolute Gasteiger partial charge is 0.394 e. The molecule has 7 N–H and O–H groups in total. The van der Waals surface area contributed by atoms with Gasteiger partial charge >= 0.3 is 0 Å². The van der Waals surface area contributed by atoms with Crippen LogP contribution in [0.1, 0.15) is 0 Å². The molecule has 0 aliphatic carbocycles. The van der Waals surface area contributed by atoms with Crippen LogP contribution in [0.4, 0.5) is 0 Å². The van der Waals surface area contributed by atoms with Crippen molar-refractivity contribution < 1.29 is 10.2 Å². The van der Waals surface area contributed by atoms with Crippen molar-refractivity contribution in [3.8, 4) is 0 Å². The Hall–Kier alpha value is -0.430. The third kappa shape index (κ3) is 35.6. The zero-order chi connectivity index (χ0) is 7.70. The number of aliphatic hydroxyl groups excluding tert-OH is 2. The van der Waals surface area contributed by atoms with Crippen molar-refractivity contribution in [1.29, 1.82) is 0 Å². The van der Waals surface area contributed by atoms with Crippen molar-refractivity contribution in [3.63, 3.8) is 0 Å². The Morgan fingerprint density at radius 3 is 1.67 bits per heavy atom. The molecule has 0 atom stereocenters. The van der Waals surface area contributed by atoms with E-state index in [0.29, 0.717) is 0 Å². The summed E-state index contributed by atoms with van der Waals surface area (Å²) >= 11 is 4.24. The van der Waals surface area contributed by atoms with E-state index in [1.54, 1.807) is 0 Å². The minimum absolute atomic E-state index is 0.116. The van der Waals surface area contributed by atoms with Crippen LogP contribution in [0.2, 0.25) is 0 Å². The van der Waals surface area contributed by atoms with Crippen LogP contribution < -0.4 is 17.0 Å². The second-order valence-corrected chi connectivity index (χ2v) is 1.40. The zero-order valence-corrected chi connectivity index (χ0v) is 5.69. The van der Waals surface area contributed by atoms with Crippen LogP contribution >= 0.6 is 12.2 Å². The van der Waals surface area contributed by atoms with E-state index in [1.807, 2.05) is 5.43 Å². The summed E-state index contributed by atoms with van der Waals surface area (Å²) < 4.78 is 0. The van der Waals surface area contributed by atoms with Crippen LogP contribution in [0.15, 0.2) is 0 Å². The highest BCUT2D eigenvalue weighted by molar-refractivity contribution is 7.80. The highest BCUT2D eigenvalue weighted by Crippen LogP contribution is 1.40. The molecule has 0 radical (unpaired) electrons. The van der Waals surface area contributed by atoms with E-state index in [9.17, 15) is 0 Å². The first-order valence-electron chi connectivity index (χ1n) is 2.16. The molecule has 0 rings (SSSR count). The van der Waals surface area contributed by atoms with Gasteiger partial charge in [0.05, 0.1) is 13.2 Å². The Kier molecular flexibility index (Phi) is 13.3. The average molecular weight is 153 g/mol. The molecule has 0 unspecified atom stereocenters. The SMILES string of the molecule is NNC(N)=S.OCCO. The van der Waals surface area contributed by atoms with Gasteiger partial charge in [0, 0.05) is 0 Å². The summed E-state index contributed by atoms with van der Waals surface area (Å²) in [7, 11) is 0. The Morgan fingerprint density at radius 2 is 1.67 bits per heavy atom. The van der Waals surface area contributed by atoms with Crippen LogP contribution in [0.3, 0.4) is 0 Å². The lowest BCUT2D eigenvalue weighted by Gasteiger charge is -1.85. The van der Waals surface area contributed by atoms with E-state index in [2.05, 4.69) is 18.1 Å². The quantitative estimate of drug-likeness (QED) is 0.164. The molecular formula is C3H11N3O2S. The lowest BCUT2D eigenvalue weighted by molar-refractivity contribution is 0.186. The molecule has 0 aromatic rings. The van der Waals surface area contributed by atoms with Gasteiger partial charge in [-0.15, -0.1) is 0 Å². The van der Waals surface area contributed by atoms with Crippen LogP contribution in [0, 0.1) is 0 Å². The first kappa shape index (κ1) is 11.4. The third-order valence-corrected chi connectivity index (χ3v) is 0.360. The number of nitrogens with two attached hydrogens (primary N) is 2. The summed E-state index contributed by atoms with van der Waals surface area (Å²) in [6.45, 7) is -0.250. The van der Waals surface area contributed by atoms with Crippen LogP contribution in [-0.4, -0.2) is 28.5 Å². The topological polar surface area (TPSA) is 105 Å². The van der Waals surface area contributed by atoms with E-state index >= 15 is 0 Å². The van der Waals surface area contributed by atoms with Gasteiger partial charge in [-0.3, -0.25) is 0 Å². The van der Waals surface area contributed by atoms with Gasteiger partial charge in [0.25, 0.3) is 0 Å². The Morgan fingerprint density at radius 1 is 1.44 bits per heavy atom. The molecule has 0 aliphatic heterocycles. The maximum Gasteiger partial charge on any atom is 0.177 e. The van der Waals surface area contributed by atoms with Gasteiger partial charge in [-0.25, -0.2) is 5.84 Å². The molecule has 6 heteroatoms. The lowest BCUT2D eigenvalue weighted by atomic mass is 10.8. The molecule has 0 saturated heterocycles. The summed E-state index contributed by atoms with van der Waals surface area (Å²) in [5, 5.41) is 15.4. The van der Waals surface area contributed by atoms with Gasteiger partial charge in [-0.2, -0.15) is 0 Å². The third-order valence-electron chi connectivity index (χ3n) is 0.242. The van der Waals surface area contributed by atoms with Gasteiger partial charge in [-0.05, 0) is 12.2 Å². The van der Waals surface area contributed by atoms with Crippen molar-refractivity contribution in [2.45, 2.75) is 0 Å². The normalized spacial score (nSPS) is 7.00.